The molecule has 0 radical (unpaired) electrons. The second kappa shape index (κ2) is 6.87. The predicted molar refractivity (Wildman–Crippen MR) is 40.2 cm³/mol. The molecule has 0 aliphatic rings. The number of hydrogen-bond acceptors (Lipinski definition) is 3. The summed E-state index contributed by atoms with van der Waals surface area (Å²) in [7, 11) is -1.42. The normalized spacial score (nSPS) is 11.6. The zero-order valence-electron chi connectivity index (χ0n) is 5.95. The van der Waals surface area contributed by atoms with Gasteiger partial charge in [-0.25, -0.2) is 0 Å². The van der Waals surface area contributed by atoms with Crippen molar-refractivity contribution in [2.24, 2.45) is 0 Å². The molecule has 0 aromatic carbocycles. The van der Waals surface area contributed by atoms with E-state index in [2.05, 4.69) is 0 Å². The Morgan fingerprint density at radius 1 is 1.70 bits per heavy atom. The van der Waals surface area contributed by atoms with Crippen molar-refractivity contribution in [2.45, 2.75) is 13.3 Å². The van der Waals surface area contributed by atoms with Gasteiger partial charge in [-0.15, -0.1) is 0 Å². The lowest BCUT2D eigenvalue weighted by Gasteiger charge is -1.96. The van der Waals surface area contributed by atoms with E-state index in [1.807, 2.05) is 6.92 Å². The third-order valence-electron chi connectivity index (χ3n) is 0.828. The molecule has 0 aromatic rings. The van der Waals surface area contributed by atoms with Gasteiger partial charge in [0.15, 0.2) is 0 Å². The topological polar surface area (TPSA) is 49.4 Å². The molecule has 10 heavy (non-hydrogen) atoms. The standard InChI is InChI=1S/C6H11O3P/c1-2-9-6-10(8)5-3-4-7/h4-5H,2-3,6H2,1H3. The molecule has 0 spiro atoms. The Bertz CT molecular complexity index is 122. The maximum absolute atomic E-state index is 10.8. The van der Waals surface area contributed by atoms with Crippen LogP contribution in [0.3, 0.4) is 0 Å². The van der Waals surface area contributed by atoms with Crippen LogP contribution in [0.4, 0.5) is 0 Å². The summed E-state index contributed by atoms with van der Waals surface area (Å²) in [6.07, 6.45) is 1.21. The molecule has 0 bridgehead atoms. The van der Waals surface area contributed by atoms with E-state index in [0.29, 0.717) is 6.61 Å². The van der Waals surface area contributed by atoms with Gasteiger partial charge in [-0.1, -0.05) is 0 Å². The molecular formula is C6H11O3P. The van der Waals surface area contributed by atoms with Gasteiger partial charge in [-0.05, 0) is 6.92 Å². The second-order valence-electron chi connectivity index (χ2n) is 1.62. The summed E-state index contributed by atoms with van der Waals surface area (Å²) in [6.45, 7) is 2.40. The van der Waals surface area contributed by atoms with Gasteiger partial charge in [0.25, 0.3) is 0 Å². The number of carbonyl (C=O) groups is 1. The van der Waals surface area contributed by atoms with Crippen molar-refractivity contribution in [3.8, 4) is 0 Å². The van der Waals surface area contributed by atoms with E-state index in [0.717, 1.165) is 6.29 Å². The zero-order chi connectivity index (χ0) is 7.82. The fraction of sp³-hybridized carbons (Fsp3) is 0.667. The highest BCUT2D eigenvalue weighted by molar-refractivity contribution is 7.49. The number of rotatable bonds is 5. The Morgan fingerprint density at radius 3 is 2.90 bits per heavy atom. The van der Waals surface area contributed by atoms with Crippen LogP contribution in [-0.2, 0) is 9.53 Å². The van der Waals surface area contributed by atoms with E-state index >= 15 is 0 Å². The highest BCUT2D eigenvalue weighted by Gasteiger charge is 1.92. The maximum Gasteiger partial charge on any atom is 0.200 e. The van der Waals surface area contributed by atoms with Gasteiger partial charge in [0.1, 0.15) is 6.29 Å². The van der Waals surface area contributed by atoms with E-state index in [-0.39, 0.29) is 12.8 Å². The minimum atomic E-state index is -1.42. The molecule has 0 saturated heterocycles. The van der Waals surface area contributed by atoms with Crippen LogP contribution in [0.5, 0.6) is 0 Å². The van der Waals surface area contributed by atoms with Crippen LogP contribution in [0.1, 0.15) is 13.3 Å². The molecule has 0 aliphatic carbocycles. The minimum absolute atomic E-state index is 0.236. The predicted octanol–water partition coefficient (Wildman–Crippen LogP) is 0.129. The van der Waals surface area contributed by atoms with Crippen LogP contribution >= 0.6 is 7.77 Å². The summed E-state index contributed by atoms with van der Waals surface area (Å²) >= 11 is 0. The first-order valence-electron chi connectivity index (χ1n) is 3.09. The molecule has 0 N–H and O–H groups in total. The summed E-state index contributed by atoms with van der Waals surface area (Å²) in [5.41, 5.74) is 0. The minimum Gasteiger partial charge on any atom is -0.629 e. The van der Waals surface area contributed by atoms with E-state index < -0.39 is 7.77 Å². The molecule has 3 nitrogen and oxygen atoms in total. The number of carbonyl (C=O) groups excluding carboxylic acids is 1. The van der Waals surface area contributed by atoms with Crippen LogP contribution in [0.15, 0.2) is 0 Å². The summed E-state index contributed by atoms with van der Waals surface area (Å²) in [5.74, 6) is 1.47. The Balaban J connectivity index is 3.38. The Labute approximate surface area is 61.5 Å². The molecule has 1 atom stereocenters. The highest BCUT2D eigenvalue weighted by atomic mass is 31.1. The lowest BCUT2D eigenvalue weighted by atomic mass is 10.6. The first-order valence-corrected chi connectivity index (χ1v) is 4.61. The molecule has 0 heterocycles. The van der Waals surface area contributed by atoms with Crippen molar-refractivity contribution in [2.75, 3.05) is 13.0 Å². The zero-order valence-corrected chi connectivity index (χ0v) is 6.84. The Kier molecular flexibility index (Phi) is 6.71. The molecule has 0 fully saturated rings. The molecule has 0 aliphatic heterocycles. The summed E-state index contributed by atoms with van der Waals surface area (Å²) in [5, 5.41) is 0. The average Bonchev–Trinajstić information content (AvgIpc) is 1.97. The Hall–Kier alpha value is -0.240. The van der Waals surface area contributed by atoms with Gasteiger partial charge < -0.3 is 14.4 Å². The molecule has 0 amide bonds. The van der Waals surface area contributed by atoms with Crippen molar-refractivity contribution in [3.05, 3.63) is 0 Å². The van der Waals surface area contributed by atoms with E-state index in [1.165, 1.54) is 5.80 Å². The smallest absolute Gasteiger partial charge is 0.200 e. The molecule has 0 rings (SSSR count). The van der Waals surface area contributed by atoms with Crippen LogP contribution in [0.25, 0.3) is 0 Å². The molecule has 1 unspecified atom stereocenters. The van der Waals surface area contributed by atoms with Crippen molar-refractivity contribution >= 4 is 19.9 Å². The lowest BCUT2D eigenvalue weighted by molar-refractivity contribution is -0.156. The second-order valence-corrected chi connectivity index (χ2v) is 3.08. The van der Waals surface area contributed by atoms with E-state index in [1.54, 1.807) is 0 Å². The number of aldehydes is 1. The van der Waals surface area contributed by atoms with Crippen LogP contribution in [0.2, 0.25) is 0 Å². The molecular weight excluding hydrogens is 151 g/mol. The Morgan fingerprint density at radius 2 is 2.40 bits per heavy atom. The molecule has 0 aromatic heterocycles. The van der Waals surface area contributed by atoms with Gasteiger partial charge >= 0.3 is 0 Å². The molecule has 4 heteroatoms. The van der Waals surface area contributed by atoms with Crippen molar-refractivity contribution in [1.82, 2.24) is 0 Å². The summed E-state index contributed by atoms with van der Waals surface area (Å²) < 4.78 is 4.86. The van der Waals surface area contributed by atoms with Gasteiger partial charge in [0.05, 0.1) is 20.0 Å². The SMILES string of the molecule is CCOC[P+]([O-])=CCC=O. The molecule has 0 saturated carbocycles. The quantitative estimate of drug-likeness (QED) is 0.426. The summed E-state index contributed by atoms with van der Waals surface area (Å²) in [6, 6.07) is 0. The number of hydrogen-bond donors (Lipinski definition) is 0. The van der Waals surface area contributed by atoms with Crippen molar-refractivity contribution in [1.29, 1.82) is 0 Å². The third kappa shape index (κ3) is 5.89. The van der Waals surface area contributed by atoms with Gasteiger partial charge in [0.2, 0.25) is 6.35 Å². The van der Waals surface area contributed by atoms with Gasteiger partial charge in [-0.3, -0.25) is 0 Å². The monoisotopic (exact) mass is 162 g/mol. The summed E-state index contributed by atoms with van der Waals surface area (Å²) in [4.78, 5) is 20.6. The first kappa shape index (κ1) is 9.76. The largest absolute Gasteiger partial charge is 0.629 e. The van der Waals surface area contributed by atoms with Crippen LogP contribution < -0.4 is 4.89 Å². The van der Waals surface area contributed by atoms with Gasteiger partial charge in [-0.2, -0.15) is 0 Å². The van der Waals surface area contributed by atoms with Crippen LogP contribution in [-0.4, -0.2) is 25.0 Å². The van der Waals surface area contributed by atoms with Crippen molar-refractivity contribution < 1.29 is 14.4 Å². The lowest BCUT2D eigenvalue weighted by Crippen LogP contribution is -1.98. The highest BCUT2D eigenvalue weighted by Crippen LogP contribution is 2.08. The van der Waals surface area contributed by atoms with Crippen LogP contribution in [0, 0.1) is 0 Å². The fourth-order valence-corrected chi connectivity index (χ4v) is 1.18. The maximum atomic E-state index is 10.8. The van der Waals surface area contributed by atoms with E-state index in [9.17, 15) is 9.69 Å². The van der Waals surface area contributed by atoms with Gasteiger partial charge in [0, 0.05) is 6.61 Å². The average molecular weight is 162 g/mol. The third-order valence-corrected chi connectivity index (χ3v) is 1.88. The fourth-order valence-electron chi connectivity index (χ4n) is 0.395. The van der Waals surface area contributed by atoms with Crippen molar-refractivity contribution in [3.63, 3.8) is 0 Å². The van der Waals surface area contributed by atoms with E-state index in [4.69, 9.17) is 4.74 Å². The first-order chi connectivity index (χ1) is 4.81. The molecule has 58 valence electrons. The number of ether oxygens (including phenoxy) is 1.